The van der Waals surface area contributed by atoms with Gasteiger partial charge in [0.05, 0.1) is 35.2 Å². The van der Waals surface area contributed by atoms with Crippen molar-refractivity contribution in [2.45, 2.75) is 18.3 Å². The number of nitrogens with two attached hydrogens (primary N) is 1. The first kappa shape index (κ1) is 19.8. The Labute approximate surface area is 174 Å². The summed E-state index contributed by atoms with van der Waals surface area (Å²) < 4.78 is 25.7. The highest BCUT2D eigenvalue weighted by Gasteiger charge is 2.32. The lowest BCUT2D eigenvalue weighted by Gasteiger charge is -2.36. The number of hydrogen-bond acceptors (Lipinski definition) is 7. The molecule has 152 valence electrons. The van der Waals surface area contributed by atoms with Crippen LogP contribution >= 0.6 is 11.6 Å². The van der Waals surface area contributed by atoms with Gasteiger partial charge in [0.2, 0.25) is 10.0 Å². The predicted molar refractivity (Wildman–Crippen MR) is 112 cm³/mol. The first-order valence-electron chi connectivity index (χ1n) is 9.09. The van der Waals surface area contributed by atoms with E-state index in [1.807, 2.05) is 17.0 Å². The first-order valence-corrected chi connectivity index (χ1v) is 11.1. The molecule has 2 atom stereocenters. The van der Waals surface area contributed by atoms with Crippen LogP contribution in [-0.2, 0) is 15.8 Å². The SMILES string of the molecule is CN1c2ccc(-c3cnc(N)c(Cl)c3N3CC[C@@H](C#N)[C@H](O)C3)cc2CS1(=O)=O. The zero-order valence-corrected chi connectivity index (χ0v) is 17.3. The third kappa shape index (κ3) is 3.27. The third-order valence-corrected chi connectivity index (χ3v) is 7.65. The summed E-state index contributed by atoms with van der Waals surface area (Å²) in [6.45, 7) is 0.782. The Morgan fingerprint density at radius 2 is 2.17 bits per heavy atom. The van der Waals surface area contributed by atoms with Gasteiger partial charge < -0.3 is 15.7 Å². The van der Waals surface area contributed by atoms with Crippen molar-refractivity contribution >= 4 is 38.8 Å². The number of halogens is 1. The Morgan fingerprint density at radius 3 is 2.86 bits per heavy atom. The van der Waals surface area contributed by atoms with E-state index in [2.05, 4.69) is 11.1 Å². The maximum atomic E-state index is 12.2. The molecule has 0 spiro atoms. The van der Waals surface area contributed by atoms with Crippen LogP contribution in [0.3, 0.4) is 0 Å². The number of hydrogen-bond donors (Lipinski definition) is 2. The number of aliphatic hydroxyl groups is 1. The molecule has 0 saturated carbocycles. The number of pyridine rings is 1. The molecule has 8 nitrogen and oxygen atoms in total. The summed E-state index contributed by atoms with van der Waals surface area (Å²) >= 11 is 6.51. The van der Waals surface area contributed by atoms with Crippen molar-refractivity contribution < 1.29 is 13.5 Å². The van der Waals surface area contributed by atoms with Crippen LogP contribution in [0.4, 0.5) is 17.2 Å². The number of nitrogens with zero attached hydrogens (tertiary/aromatic N) is 4. The van der Waals surface area contributed by atoms with E-state index < -0.39 is 22.0 Å². The molecule has 0 bridgehead atoms. The fourth-order valence-electron chi connectivity index (χ4n) is 3.92. The summed E-state index contributed by atoms with van der Waals surface area (Å²) in [4.78, 5) is 6.08. The van der Waals surface area contributed by atoms with Crippen LogP contribution in [0.1, 0.15) is 12.0 Å². The number of rotatable bonds is 2. The molecule has 0 unspecified atom stereocenters. The number of fused-ring (bicyclic) bond motifs is 1. The maximum absolute atomic E-state index is 12.2. The lowest BCUT2D eigenvalue weighted by molar-refractivity contribution is 0.120. The highest BCUT2D eigenvalue weighted by molar-refractivity contribution is 7.92. The van der Waals surface area contributed by atoms with Crippen molar-refractivity contribution in [2.24, 2.45) is 5.92 Å². The Bertz CT molecular complexity index is 1130. The summed E-state index contributed by atoms with van der Waals surface area (Å²) in [6.07, 6.45) is 1.31. The predicted octanol–water partition coefficient (Wildman–Crippen LogP) is 1.97. The van der Waals surface area contributed by atoms with E-state index in [-0.39, 0.29) is 23.1 Å². The molecule has 1 aromatic carbocycles. The van der Waals surface area contributed by atoms with Crippen molar-refractivity contribution in [3.05, 3.63) is 35.0 Å². The second kappa shape index (κ2) is 7.06. The second-order valence-corrected chi connectivity index (χ2v) is 9.70. The lowest BCUT2D eigenvalue weighted by Crippen LogP contribution is -2.43. The van der Waals surface area contributed by atoms with Gasteiger partial charge >= 0.3 is 0 Å². The zero-order chi connectivity index (χ0) is 20.9. The number of anilines is 3. The smallest absolute Gasteiger partial charge is 0.239 e. The molecular formula is C19H20ClN5O3S. The molecule has 0 aliphatic carbocycles. The average Bonchev–Trinajstić information content (AvgIpc) is 2.91. The van der Waals surface area contributed by atoms with Crippen molar-refractivity contribution in [1.82, 2.24) is 4.98 Å². The molecule has 4 rings (SSSR count). The summed E-state index contributed by atoms with van der Waals surface area (Å²) in [5.74, 6) is -0.316. The molecule has 29 heavy (non-hydrogen) atoms. The van der Waals surface area contributed by atoms with E-state index in [9.17, 15) is 13.5 Å². The molecule has 2 aromatic rings. The monoisotopic (exact) mass is 433 g/mol. The minimum Gasteiger partial charge on any atom is -0.390 e. The number of aromatic nitrogens is 1. The van der Waals surface area contributed by atoms with Crippen LogP contribution in [0.5, 0.6) is 0 Å². The molecule has 10 heteroatoms. The quantitative estimate of drug-likeness (QED) is 0.741. The van der Waals surface area contributed by atoms with E-state index in [0.29, 0.717) is 35.5 Å². The second-order valence-electron chi connectivity index (χ2n) is 7.32. The lowest BCUT2D eigenvalue weighted by atomic mass is 9.94. The molecule has 1 fully saturated rings. The highest BCUT2D eigenvalue weighted by Crippen LogP contribution is 2.43. The standard InChI is InChI=1S/C19H20ClN5O3S/c1-24-15-3-2-11(6-13(15)10-29(24,27)28)14-8-23-19(22)17(20)18(14)25-5-4-12(7-21)16(26)9-25/h2-3,6,8,12,16,26H,4-5,9-10H2,1H3,(H2,22,23)/t12-,16+/m0/s1. The van der Waals surface area contributed by atoms with Crippen molar-refractivity contribution in [3.63, 3.8) is 0 Å². The molecule has 3 N–H and O–H groups in total. The Balaban J connectivity index is 1.79. The molecule has 1 saturated heterocycles. The number of sulfonamides is 1. The van der Waals surface area contributed by atoms with Gasteiger partial charge in [-0.1, -0.05) is 17.7 Å². The van der Waals surface area contributed by atoms with Gasteiger partial charge in [-0.2, -0.15) is 5.26 Å². The summed E-state index contributed by atoms with van der Waals surface area (Å²) in [5.41, 5.74) is 9.37. The number of aliphatic hydroxyl groups excluding tert-OH is 1. The van der Waals surface area contributed by atoms with Crippen molar-refractivity contribution in [1.29, 1.82) is 5.26 Å². The van der Waals surface area contributed by atoms with E-state index in [4.69, 9.17) is 22.6 Å². The van der Waals surface area contributed by atoms with E-state index in [1.165, 1.54) is 11.4 Å². The number of piperidine rings is 1. The Kier molecular flexibility index (Phi) is 4.81. The maximum Gasteiger partial charge on any atom is 0.239 e. The van der Waals surface area contributed by atoms with Crippen molar-refractivity contribution in [3.8, 4) is 17.2 Å². The van der Waals surface area contributed by atoms with Crippen molar-refractivity contribution in [2.75, 3.05) is 35.1 Å². The normalized spacial score (nSPS) is 23.0. The van der Waals surface area contributed by atoms with E-state index in [1.54, 1.807) is 12.3 Å². The fourth-order valence-corrected chi connectivity index (χ4v) is 5.48. The van der Waals surface area contributed by atoms with Gasteiger partial charge in [-0.25, -0.2) is 13.4 Å². The first-order chi connectivity index (χ1) is 13.7. The van der Waals surface area contributed by atoms with Gasteiger partial charge in [0.15, 0.2) is 0 Å². The van der Waals surface area contributed by atoms with Gasteiger partial charge in [0.25, 0.3) is 0 Å². The van der Waals surface area contributed by atoms with Crippen LogP contribution in [0.2, 0.25) is 5.02 Å². The van der Waals surface area contributed by atoms with E-state index in [0.717, 1.165) is 5.56 Å². The molecule has 3 heterocycles. The van der Waals surface area contributed by atoms with Gasteiger partial charge in [-0.05, 0) is 29.7 Å². The topological polar surface area (TPSA) is 124 Å². The van der Waals surface area contributed by atoms with Crippen LogP contribution in [0.15, 0.2) is 24.4 Å². The fraction of sp³-hybridized carbons (Fsp3) is 0.368. The molecular weight excluding hydrogens is 414 g/mol. The number of nitriles is 1. The van der Waals surface area contributed by atoms with Gasteiger partial charge in [0.1, 0.15) is 10.8 Å². The number of β-amino-alcohol motifs (C(OH)–C–C–N with tert-alkyl or cyclic N) is 1. The Morgan fingerprint density at radius 1 is 1.41 bits per heavy atom. The summed E-state index contributed by atoms with van der Waals surface area (Å²) in [7, 11) is -1.81. The summed E-state index contributed by atoms with van der Waals surface area (Å²) in [5, 5.41) is 19.7. The minimum atomic E-state index is -3.35. The molecule has 1 aromatic heterocycles. The van der Waals surface area contributed by atoms with Crippen LogP contribution in [0, 0.1) is 17.2 Å². The largest absolute Gasteiger partial charge is 0.390 e. The summed E-state index contributed by atoms with van der Waals surface area (Å²) in [6, 6.07) is 7.54. The highest BCUT2D eigenvalue weighted by atomic mass is 35.5. The van der Waals surface area contributed by atoms with Gasteiger partial charge in [-0.15, -0.1) is 0 Å². The number of benzene rings is 1. The van der Waals surface area contributed by atoms with Gasteiger partial charge in [0, 0.05) is 31.9 Å². The van der Waals surface area contributed by atoms with Crippen LogP contribution in [-0.4, -0.2) is 44.7 Å². The molecule has 0 amide bonds. The number of nitrogen functional groups attached to an aromatic ring is 1. The third-order valence-electron chi connectivity index (χ3n) is 5.57. The molecule has 2 aliphatic heterocycles. The van der Waals surface area contributed by atoms with Gasteiger partial charge in [-0.3, -0.25) is 4.31 Å². The Hall–Kier alpha value is -2.54. The average molecular weight is 434 g/mol. The zero-order valence-electron chi connectivity index (χ0n) is 15.7. The van der Waals surface area contributed by atoms with E-state index >= 15 is 0 Å². The molecule has 2 aliphatic rings. The van der Waals surface area contributed by atoms with Crippen LogP contribution < -0.4 is 14.9 Å². The minimum absolute atomic E-state index is 0.0651. The molecule has 0 radical (unpaired) electrons. The van der Waals surface area contributed by atoms with Crippen LogP contribution in [0.25, 0.3) is 11.1 Å².